The van der Waals surface area contributed by atoms with Crippen molar-refractivity contribution in [3.63, 3.8) is 0 Å². The lowest BCUT2D eigenvalue weighted by Crippen LogP contribution is -2.49. The Labute approximate surface area is 163 Å². The van der Waals surface area contributed by atoms with Crippen molar-refractivity contribution in [3.05, 3.63) is 71.9 Å². The lowest BCUT2D eigenvalue weighted by molar-refractivity contribution is 0.0704. The number of carbonyl (C=O) groups is 1. The third-order valence-corrected chi connectivity index (χ3v) is 4.84. The highest BCUT2D eigenvalue weighted by atomic mass is 16.5. The van der Waals surface area contributed by atoms with Crippen LogP contribution in [-0.4, -0.2) is 54.3 Å². The van der Waals surface area contributed by atoms with E-state index in [1.807, 2.05) is 54.6 Å². The van der Waals surface area contributed by atoms with Crippen LogP contribution in [0.3, 0.4) is 0 Å². The van der Waals surface area contributed by atoms with E-state index in [-0.39, 0.29) is 11.8 Å². The quantitative estimate of drug-likeness (QED) is 0.680. The fourth-order valence-electron chi connectivity index (χ4n) is 3.36. The first-order valence-electron chi connectivity index (χ1n) is 9.28. The highest BCUT2D eigenvalue weighted by molar-refractivity contribution is 5.89. The maximum Gasteiger partial charge on any atom is 0.311 e. The Morgan fingerprint density at radius 2 is 1.71 bits per heavy atom. The van der Waals surface area contributed by atoms with Gasteiger partial charge in [0.05, 0.1) is 19.2 Å². The first-order valence-corrected chi connectivity index (χ1v) is 9.28. The number of rotatable bonds is 5. The van der Waals surface area contributed by atoms with Crippen molar-refractivity contribution in [3.8, 4) is 5.75 Å². The molecule has 144 valence electrons. The number of anilines is 1. The van der Waals surface area contributed by atoms with Gasteiger partial charge in [-0.3, -0.25) is 4.79 Å². The van der Waals surface area contributed by atoms with Gasteiger partial charge in [-0.15, -0.1) is 10.2 Å². The highest BCUT2D eigenvalue weighted by Crippen LogP contribution is 2.28. The largest absolute Gasteiger partial charge is 0.495 e. The van der Waals surface area contributed by atoms with Crippen LogP contribution in [0.4, 0.5) is 5.69 Å². The molecule has 0 bridgehead atoms. The van der Waals surface area contributed by atoms with Gasteiger partial charge >= 0.3 is 11.8 Å². The van der Waals surface area contributed by atoms with E-state index in [0.717, 1.165) is 30.1 Å². The van der Waals surface area contributed by atoms with Gasteiger partial charge in [-0.1, -0.05) is 42.5 Å². The summed E-state index contributed by atoms with van der Waals surface area (Å²) in [6.45, 7) is 2.62. The summed E-state index contributed by atoms with van der Waals surface area (Å²) in [5.41, 5.74) is 2.11. The molecule has 7 nitrogen and oxygen atoms in total. The van der Waals surface area contributed by atoms with Crippen LogP contribution in [0, 0.1) is 0 Å². The molecule has 0 spiro atoms. The van der Waals surface area contributed by atoms with Crippen molar-refractivity contribution in [2.45, 2.75) is 6.42 Å². The Kier molecular flexibility index (Phi) is 5.23. The molecule has 0 aliphatic carbocycles. The topological polar surface area (TPSA) is 71.7 Å². The van der Waals surface area contributed by atoms with Crippen LogP contribution in [0.2, 0.25) is 0 Å². The summed E-state index contributed by atoms with van der Waals surface area (Å²) in [7, 11) is 1.67. The average Bonchev–Trinajstić information content (AvgIpc) is 3.22. The minimum Gasteiger partial charge on any atom is -0.495 e. The van der Waals surface area contributed by atoms with Gasteiger partial charge in [-0.2, -0.15) is 0 Å². The van der Waals surface area contributed by atoms with Gasteiger partial charge in [0.1, 0.15) is 5.75 Å². The molecule has 1 aliphatic rings. The third kappa shape index (κ3) is 3.83. The average molecular weight is 378 g/mol. The van der Waals surface area contributed by atoms with Crippen molar-refractivity contribution in [2.24, 2.45) is 0 Å². The van der Waals surface area contributed by atoms with Crippen molar-refractivity contribution < 1.29 is 13.9 Å². The molecule has 7 heteroatoms. The fraction of sp³-hybridized carbons (Fsp3) is 0.286. The van der Waals surface area contributed by atoms with E-state index in [2.05, 4.69) is 15.1 Å². The molecule has 0 unspecified atom stereocenters. The molecular weight excluding hydrogens is 356 g/mol. The molecule has 2 heterocycles. The van der Waals surface area contributed by atoms with E-state index in [1.165, 1.54) is 0 Å². The van der Waals surface area contributed by atoms with Crippen molar-refractivity contribution in [1.29, 1.82) is 0 Å². The second-order valence-corrected chi connectivity index (χ2v) is 6.61. The number of carbonyl (C=O) groups excluding carboxylic acids is 1. The van der Waals surface area contributed by atoms with E-state index >= 15 is 0 Å². The molecule has 4 rings (SSSR count). The smallest absolute Gasteiger partial charge is 0.311 e. The molecule has 3 aromatic rings. The number of benzene rings is 2. The lowest BCUT2D eigenvalue weighted by atomic mass is 10.2. The molecular formula is C21H22N4O3. The van der Waals surface area contributed by atoms with Crippen LogP contribution in [0.5, 0.6) is 5.75 Å². The lowest BCUT2D eigenvalue weighted by Gasteiger charge is -2.36. The van der Waals surface area contributed by atoms with E-state index in [0.29, 0.717) is 25.4 Å². The SMILES string of the molecule is COc1ccccc1N1CCN(C(=O)c2nnc(Cc3ccccc3)o2)CC1. The van der Waals surface area contributed by atoms with Gasteiger partial charge in [0.25, 0.3) is 0 Å². The fourth-order valence-corrected chi connectivity index (χ4v) is 3.36. The molecule has 28 heavy (non-hydrogen) atoms. The summed E-state index contributed by atoms with van der Waals surface area (Å²) in [5.74, 6) is 1.12. The number of methoxy groups -OCH3 is 1. The second-order valence-electron chi connectivity index (χ2n) is 6.61. The number of hydrogen-bond acceptors (Lipinski definition) is 6. The number of aromatic nitrogens is 2. The number of piperazine rings is 1. The molecule has 1 aromatic heterocycles. The number of amides is 1. The molecule has 0 N–H and O–H groups in total. The van der Waals surface area contributed by atoms with Gasteiger partial charge in [-0.25, -0.2) is 0 Å². The summed E-state index contributed by atoms with van der Waals surface area (Å²) in [4.78, 5) is 16.7. The summed E-state index contributed by atoms with van der Waals surface area (Å²) < 4.78 is 11.0. The monoisotopic (exact) mass is 378 g/mol. The third-order valence-electron chi connectivity index (χ3n) is 4.84. The molecule has 0 atom stereocenters. The van der Waals surface area contributed by atoms with Crippen molar-refractivity contribution in [2.75, 3.05) is 38.2 Å². The predicted molar refractivity (Wildman–Crippen MR) is 105 cm³/mol. The van der Waals surface area contributed by atoms with E-state index in [4.69, 9.17) is 9.15 Å². The van der Waals surface area contributed by atoms with Crippen LogP contribution < -0.4 is 9.64 Å². The van der Waals surface area contributed by atoms with Crippen LogP contribution in [0.15, 0.2) is 59.0 Å². The van der Waals surface area contributed by atoms with E-state index < -0.39 is 0 Å². The maximum atomic E-state index is 12.7. The van der Waals surface area contributed by atoms with Gasteiger partial charge in [0.2, 0.25) is 5.89 Å². The normalized spacial score (nSPS) is 14.2. The van der Waals surface area contributed by atoms with Crippen molar-refractivity contribution in [1.82, 2.24) is 15.1 Å². The summed E-state index contributed by atoms with van der Waals surface area (Å²) in [6, 6.07) is 17.8. The van der Waals surface area contributed by atoms with Gasteiger partial charge in [0, 0.05) is 26.2 Å². The zero-order chi connectivity index (χ0) is 19.3. The Balaban J connectivity index is 1.38. The summed E-state index contributed by atoms with van der Waals surface area (Å²) >= 11 is 0. The zero-order valence-corrected chi connectivity index (χ0v) is 15.7. The van der Waals surface area contributed by atoms with E-state index in [9.17, 15) is 4.79 Å². The first kappa shape index (κ1) is 18.0. The van der Waals surface area contributed by atoms with Gasteiger partial charge in [-0.05, 0) is 17.7 Å². The molecule has 1 aliphatic heterocycles. The highest BCUT2D eigenvalue weighted by Gasteiger charge is 2.27. The van der Waals surface area contributed by atoms with Gasteiger partial charge < -0.3 is 19.0 Å². The van der Waals surface area contributed by atoms with Crippen LogP contribution >= 0.6 is 0 Å². The van der Waals surface area contributed by atoms with Crippen LogP contribution in [-0.2, 0) is 6.42 Å². The molecule has 1 amide bonds. The molecule has 1 fully saturated rings. The number of ether oxygens (including phenoxy) is 1. The standard InChI is InChI=1S/C21H22N4O3/c1-27-18-10-6-5-9-17(18)24-11-13-25(14-12-24)21(26)20-23-22-19(28-20)15-16-7-3-2-4-8-16/h2-10H,11-15H2,1H3. The minimum atomic E-state index is -0.216. The Morgan fingerprint density at radius 1 is 1.00 bits per heavy atom. The van der Waals surface area contributed by atoms with Crippen LogP contribution in [0.25, 0.3) is 0 Å². The van der Waals surface area contributed by atoms with E-state index in [1.54, 1.807) is 12.0 Å². The maximum absolute atomic E-state index is 12.7. The number of nitrogens with zero attached hydrogens (tertiary/aromatic N) is 4. The predicted octanol–water partition coefficient (Wildman–Crippen LogP) is 2.63. The number of para-hydroxylation sites is 2. The Bertz CT molecular complexity index is 934. The van der Waals surface area contributed by atoms with Crippen LogP contribution in [0.1, 0.15) is 22.1 Å². The number of hydrogen-bond donors (Lipinski definition) is 0. The van der Waals surface area contributed by atoms with Gasteiger partial charge in [0.15, 0.2) is 0 Å². The zero-order valence-electron chi connectivity index (χ0n) is 15.7. The molecule has 0 radical (unpaired) electrons. The summed E-state index contributed by atoms with van der Waals surface area (Å²) in [5, 5.41) is 7.97. The second kappa shape index (κ2) is 8.12. The molecule has 0 saturated carbocycles. The summed E-state index contributed by atoms with van der Waals surface area (Å²) in [6.07, 6.45) is 0.517. The molecule has 1 saturated heterocycles. The minimum absolute atomic E-state index is 0.0525. The molecule has 2 aromatic carbocycles. The Morgan fingerprint density at radius 3 is 2.46 bits per heavy atom. The first-order chi connectivity index (χ1) is 13.7. The Hall–Kier alpha value is -3.35. The van der Waals surface area contributed by atoms with Crippen molar-refractivity contribution >= 4 is 11.6 Å².